The molecule has 33 heavy (non-hydrogen) atoms. The van der Waals surface area contributed by atoms with Crippen LogP contribution in [-0.2, 0) is 10.9 Å². The maximum Gasteiger partial charge on any atom is 0.443 e. The molecule has 1 aliphatic heterocycles. The van der Waals surface area contributed by atoms with E-state index in [2.05, 4.69) is 26.7 Å². The van der Waals surface area contributed by atoms with Crippen molar-refractivity contribution in [2.45, 2.75) is 25.2 Å². The van der Waals surface area contributed by atoms with Crippen molar-refractivity contribution in [2.75, 3.05) is 13.2 Å². The number of aromatic nitrogens is 4. The lowest BCUT2D eigenvalue weighted by atomic mass is 10.1. The highest BCUT2D eigenvalue weighted by Crippen LogP contribution is 2.37. The standard InChI is InChI=1S/C21H18F3N5O3S/c1-3-4-11(6-25-2)17-18-12(19(31)29(10-27-18)14-8-32-9-15(14)30)5-13(28-17)16-7-26-20(33-16)21(22,23)24/h3-7,10,14-15,30H,2,8-9H2,1H3/b4-3-,11-6+/t14-,15-/m0/s1. The molecule has 0 amide bonds. The molecular weight excluding hydrogens is 459 g/mol. The van der Waals surface area contributed by atoms with Crippen LogP contribution in [0.3, 0.4) is 0 Å². The van der Waals surface area contributed by atoms with Crippen LogP contribution < -0.4 is 5.56 Å². The number of aliphatic hydroxyl groups excluding tert-OH is 1. The number of aliphatic hydroxyl groups is 1. The first kappa shape index (κ1) is 23.0. The van der Waals surface area contributed by atoms with E-state index in [-0.39, 0.29) is 40.4 Å². The SMILES string of the molecule is C=N/C=C(\C=C/C)c1nc(-c2cnc(C(F)(F)F)s2)cc2c(=O)n([C@H]3COC[C@@H]3O)cnc12. The fourth-order valence-electron chi connectivity index (χ4n) is 3.49. The molecule has 0 aliphatic carbocycles. The summed E-state index contributed by atoms with van der Waals surface area (Å²) in [5.74, 6) is 0. The van der Waals surface area contributed by atoms with Gasteiger partial charge in [-0.3, -0.25) is 14.4 Å². The zero-order valence-corrected chi connectivity index (χ0v) is 18.1. The average molecular weight is 477 g/mol. The van der Waals surface area contributed by atoms with Crippen LogP contribution in [0.25, 0.3) is 27.0 Å². The third-order valence-corrected chi connectivity index (χ3v) is 6.06. The fourth-order valence-corrected chi connectivity index (χ4v) is 4.23. The highest BCUT2D eigenvalue weighted by Gasteiger charge is 2.35. The average Bonchev–Trinajstić information content (AvgIpc) is 3.43. The van der Waals surface area contributed by atoms with Gasteiger partial charge in [0.05, 0.1) is 47.2 Å². The molecule has 1 aliphatic rings. The maximum atomic E-state index is 13.4. The summed E-state index contributed by atoms with van der Waals surface area (Å²) in [5, 5.41) is 9.26. The molecule has 4 rings (SSSR count). The lowest BCUT2D eigenvalue weighted by molar-refractivity contribution is -0.137. The summed E-state index contributed by atoms with van der Waals surface area (Å²) in [7, 11) is 0. The van der Waals surface area contributed by atoms with E-state index in [0.717, 1.165) is 6.20 Å². The van der Waals surface area contributed by atoms with Gasteiger partial charge in [-0.25, -0.2) is 15.0 Å². The lowest BCUT2D eigenvalue weighted by Gasteiger charge is -2.17. The van der Waals surface area contributed by atoms with Crippen LogP contribution in [-0.4, -0.2) is 50.7 Å². The molecule has 0 spiro atoms. The molecule has 0 aromatic carbocycles. The molecule has 12 heteroatoms. The van der Waals surface area contributed by atoms with E-state index in [0.29, 0.717) is 16.9 Å². The molecule has 4 heterocycles. The minimum atomic E-state index is -4.60. The molecule has 3 aromatic rings. The van der Waals surface area contributed by atoms with Gasteiger partial charge in [-0.2, -0.15) is 13.2 Å². The minimum Gasteiger partial charge on any atom is -0.388 e. The molecule has 1 saturated heterocycles. The molecule has 0 radical (unpaired) electrons. The molecule has 1 N–H and O–H groups in total. The maximum absolute atomic E-state index is 13.4. The number of hydrogen-bond donors (Lipinski definition) is 1. The van der Waals surface area contributed by atoms with Crippen LogP contribution in [0.15, 0.2) is 46.7 Å². The first-order valence-corrected chi connectivity index (χ1v) is 10.6. The predicted octanol–water partition coefficient (Wildman–Crippen LogP) is 3.48. The van der Waals surface area contributed by atoms with Gasteiger partial charge in [0.1, 0.15) is 11.6 Å². The van der Waals surface area contributed by atoms with Gasteiger partial charge >= 0.3 is 6.18 Å². The number of alkyl halides is 3. The van der Waals surface area contributed by atoms with Crippen LogP contribution in [0.1, 0.15) is 23.7 Å². The van der Waals surface area contributed by atoms with E-state index in [1.54, 1.807) is 19.1 Å². The van der Waals surface area contributed by atoms with Crippen molar-refractivity contribution in [3.8, 4) is 10.6 Å². The Morgan fingerprint density at radius 1 is 1.39 bits per heavy atom. The molecule has 0 unspecified atom stereocenters. The number of fused-ring (bicyclic) bond motifs is 1. The van der Waals surface area contributed by atoms with Crippen molar-refractivity contribution in [3.63, 3.8) is 0 Å². The smallest absolute Gasteiger partial charge is 0.388 e. The van der Waals surface area contributed by atoms with Crippen molar-refractivity contribution < 1.29 is 23.0 Å². The normalized spacial score (nSPS) is 19.6. The van der Waals surface area contributed by atoms with Gasteiger partial charge in [0.25, 0.3) is 5.56 Å². The topological polar surface area (TPSA) is 102 Å². The van der Waals surface area contributed by atoms with Crippen molar-refractivity contribution in [1.82, 2.24) is 19.5 Å². The van der Waals surface area contributed by atoms with E-state index in [1.165, 1.54) is 23.2 Å². The molecule has 2 atom stereocenters. The van der Waals surface area contributed by atoms with Crippen molar-refractivity contribution in [3.05, 3.63) is 58.0 Å². The van der Waals surface area contributed by atoms with E-state index in [1.807, 2.05) is 0 Å². The Morgan fingerprint density at radius 3 is 2.79 bits per heavy atom. The molecule has 172 valence electrons. The van der Waals surface area contributed by atoms with Crippen LogP contribution in [0.5, 0.6) is 0 Å². The molecule has 3 aromatic heterocycles. The number of hydrogen-bond acceptors (Lipinski definition) is 8. The Labute approximate surface area is 189 Å². The zero-order valence-electron chi connectivity index (χ0n) is 17.3. The summed E-state index contributed by atoms with van der Waals surface area (Å²) >= 11 is 0.423. The van der Waals surface area contributed by atoms with Crippen LogP contribution in [0, 0.1) is 0 Å². The van der Waals surface area contributed by atoms with Gasteiger partial charge in [-0.05, 0) is 19.7 Å². The Kier molecular flexibility index (Phi) is 6.23. The zero-order chi connectivity index (χ0) is 23.8. The number of ether oxygens (including phenoxy) is 1. The van der Waals surface area contributed by atoms with Gasteiger partial charge in [0.15, 0.2) is 5.01 Å². The highest BCUT2D eigenvalue weighted by molar-refractivity contribution is 7.15. The van der Waals surface area contributed by atoms with Gasteiger partial charge < -0.3 is 9.84 Å². The van der Waals surface area contributed by atoms with Crippen molar-refractivity contribution in [1.29, 1.82) is 0 Å². The van der Waals surface area contributed by atoms with Crippen molar-refractivity contribution in [2.24, 2.45) is 4.99 Å². The number of aliphatic imine (C=N–C) groups is 1. The van der Waals surface area contributed by atoms with Gasteiger partial charge in [0.2, 0.25) is 0 Å². The number of allylic oxidation sites excluding steroid dienone is 3. The molecular formula is C21H18F3N5O3S. The number of halogens is 3. The summed E-state index contributed by atoms with van der Waals surface area (Å²) in [6.07, 6.45) is 1.71. The number of pyridine rings is 1. The van der Waals surface area contributed by atoms with E-state index >= 15 is 0 Å². The van der Waals surface area contributed by atoms with Crippen LogP contribution >= 0.6 is 11.3 Å². The predicted molar refractivity (Wildman–Crippen MR) is 118 cm³/mol. The second-order valence-corrected chi connectivity index (χ2v) is 8.21. The summed E-state index contributed by atoms with van der Waals surface area (Å²) in [4.78, 5) is 29.6. The van der Waals surface area contributed by atoms with E-state index in [4.69, 9.17) is 4.74 Å². The summed E-state index contributed by atoms with van der Waals surface area (Å²) in [6.45, 7) is 5.43. The van der Waals surface area contributed by atoms with E-state index < -0.39 is 28.9 Å². The van der Waals surface area contributed by atoms with Crippen LogP contribution in [0.4, 0.5) is 13.2 Å². The first-order valence-electron chi connectivity index (χ1n) is 9.74. The van der Waals surface area contributed by atoms with Gasteiger partial charge in [-0.15, -0.1) is 11.3 Å². The summed E-state index contributed by atoms with van der Waals surface area (Å²) in [5.41, 5.74) is 0.606. The Morgan fingerprint density at radius 2 is 2.18 bits per heavy atom. The largest absolute Gasteiger partial charge is 0.443 e. The third kappa shape index (κ3) is 4.36. The first-order chi connectivity index (χ1) is 15.7. The second kappa shape index (κ2) is 8.96. The molecule has 1 fully saturated rings. The Balaban J connectivity index is 1.99. The summed E-state index contributed by atoms with van der Waals surface area (Å²) in [6, 6.07) is 0.755. The fraction of sp³-hybridized carbons (Fsp3) is 0.286. The highest BCUT2D eigenvalue weighted by atomic mass is 32.1. The Bertz CT molecular complexity index is 1330. The number of rotatable bonds is 5. The summed E-state index contributed by atoms with van der Waals surface area (Å²) < 4.78 is 45.8. The number of thiazole rings is 1. The minimum absolute atomic E-state index is 0.0856. The molecule has 8 nitrogen and oxygen atoms in total. The second-order valence-electron chi connectivity index (χ2n) is 7.18. The van der Waals surface area contributed by atoms with Crippen LogP contribution in [0.2, 0.25) is 0 Å². The molecule has 0 saturated carbocycles. The Hall–Kier alpha value is -3.22. The third-order valence-electron chi connectivity index (χ3n) is 5.00. The van der Waals surface area contributed by atoms with Crippen molar-refractivity contribution >= 4 is 34.5 Å². The monoisotopic (exact) mass is 477 g/mol. The lowest BCUT2D eigenvalue weighted by Crippen LogP contribution is -2.32. The van der Waals surface area contributed by atoms with Gasteiger partial charge in [0, 0.05) is 18.0 Å². The number of nitrogens with zero attached hydrogens (tertiary/aromatic N) is 5. The quantitative estimate of drug-likeness (QED) is 0.446. The van der Waals surface area contributed by atoms with E-state index in [9.17, 15) is 23.1 Å². The molecule has 0 bridgehead atoms. The van der Waals surface area contributed by atoms with Gasteiger partial charge in [-0.1, -0.05) is 12.2 Å².